The molecule has 0 aromatic heterocycles. The van der Waals surface area contributed by atoms with E-state index in [1.54, 1.807) is 0 Å². The molecule has 8 heteroatoms. The summed E-state index contributed by atoms with van der Waals surface area (Å²) in [6.45, 7) is 0. The molecule has 2 rings (SSSR count). The van der Waals surface area contributed by atoms with Crippen LogP contribution in [0.5, 0.6) is 0 Å². The van der Waals surface area contributed by atoms with Crippen molar-refractivity contribution < 1.29 is 9.85 Å². The van der Waals surface area contributed by atoms with Crippen molar-refractivity contribution in [2.24, 2.45) is 0 Å². The van der Waals surface area contributed by atoms with E-state index < -0.39 is 9.85 Å². The van der Waals surface area contributed by atoms with Gasteiger partial charge in [0.05, 0.1) is 15.4 Å². The Morgan fingerprint density at radius 2 is 1.50 bits per heavy atom. The fourth-order valence-electron chi connectivity index (χ4n) is 1.72. The third-order valence-electron chi connectivity index (χ3n) is 2.61. The molecule has 20 heavy (non-hydrogen) atoms. The minimum atomic E-state index is -0.645. The van der Waals surface area contributed by atoms with Gasteiger partial charge in [0.25, 0.3) is 11.4 Å². The fourth-order valence-corrected chi connectivity index (χ4v) is 2.07. The van der Waals surface area contributed by atoms with Gasteiger partial charge in [-0.2, -0.15) is 0 Å². The molecule has 0 radical (unpaired) electrons. The largest absolute Gasteiger partial charge is 0.288 e. The smallest absolute Gasteiger partial charge is 0.258 e. The van der Waals surface area contributed by atoms with Crippen molar-refractivity contribution in [1.82, 2.24) is 0 Å². The first-order valence-corrected chi connectivity index (χ1v) is 6.04. The van der Waals surface area contributed by atoms with Crippen molar-refractivity contribution in [3.05, 3.63) is 66.7 Å². The topological polar surface area (TPSA) is 86.3 Å². The normalized spacial score (nSPS) is 10.3. The van der Waals surface area contributed by atoms with Gasteiger partial charge in [0.15, 0.2) is 0 Å². The zero-order chi connectivity index (χ0) is 14.9. The van der Waals surface area contributed by atoms with E-state index in [1.165, 1.54) is 36.4 Å². The van der Waals surface area contributed by atoms with Gasteiger partial charge in [-0.25, -0.2) is 0 Å². The van der Waals surface area contributed by atoms with E-state index in [0.717, 1.165) is 0 Å². The second-order valence-electron chi connectivity index (χ2n) is 3.84. The summed E-state index contributed by atoms with van der Waals surface area (Å²) >= 11 is 11.4. The molecule has 0 amide bonds. The Balaban J connectivity index is 2.66. The van der Waals surface area contributed by atoms with Gasteiger partial charge in [-0.05, 0) is 23.8 Å². The molecule has 0 N–H and O–H groups in total. The first kappa shape index (κ1) is 14.2. The lowest BCUT2D eigenvalue weighted by atomic mass is 10.0. The third kappa shape index (κ3) is 2.71. The molecular formula is C12H6Cl2N2O4. The fraction of sp³-hybridized carbons (Fsp3) is 0. The maximum atomic E-state index is 11.0. The summed E-state index contributed by atoms with van der Waals surface area (Å²) in [4.78, 5) is 20.6. The summed E-state index contributed by atoms with van der Waals surface area (Å²) in [5, 5.41) is 22.0. The molecule has 0 saturated heterocycles. The molecule has 0 unspecified atom stereocenters. The summed E-state index contributed by atoms with van der Waals surface area (Å²) in [5.74, 6) is 0. The average molecular weight is 313 g/mol. The van der Waals surface area contributed by atoms with Crippen LogP contribution >= 0.6 is 23.2 Å². The highest BCUT2D eigenvalue weighted by molar-refractivity contribution is 6.32. The molecular weight excluding hydrogens is 307 g/mol. The van der Waals surface area contributed by atoms with Crippen molar-refractivity contribution in [3.8, 4) is 11.1 Å². The second kappa shape index (κ2) is 5.44. The van der Waals surface area contributed by atoms with Crippen molar-refractivity contribution in [2.75, 3.05) is 0 Å². The zero-order valence-corrected chi connectivity index (χ0v) is 11.3. The van der Waals surface area contributed by atoms with Crippen molar-refractivity contribution in [1.29, 1.82) is 0 Å². The predicted octanol–water partition coefficient (Wildman–Crippen LogP) is 4.48. The molecule has 0 aliphatic rings. The maximum absolute atomic E-state index is 11.0. The molecule has 0 heterocycles. The van der Waals surface area contributed by atoms with Crippen molar-refractivity contribution in [3.63, 3.8) is 0 Å². The molecule has 0 aliphatic carbocycles. The quantitative estimate of drug-likeness (QED) is 0.617. The van der Waals surface area contributed by atoms with Crippen LogP contribution in [0.3, 0.4) is 0 Å². The third-order valence-corrected chi connectivity index (χ3v) is 3.17. The SMILES string of the molecule is O=[N+]([O-])c1cc(-c2ccc(Cl)cc2[N+](=O)[O-])ccc1Cl. The highest BCUT2D eigenvalue weighted by Crippen LogP contribution is 2.36. The van der Waals surface area contributed by atoms with E-state index in [9.17, 15) is 20.2 Å². The molecule has 2 aromatic carbocycles. The molecule has 0 bridgehead atoms. The number of nitrogens with zero attached hydrogens (tertiary/aromatic N) is 2. The van der Waals surface area contributed by atoms with Crippen LogP contribution in [0.25, 0.3) is 11.1 Å². The minimum absolute atomic E-state index is 0.0321. The Hall–Kier alpha value is -2.18. The van der Waals surface area contributed by atoms with Gasteiger partial charge < -0.3 is 0 Å². The highest BCUT2D eigenvalue weighted by atomic mass is 35.5. The van der Waals surface area contributed by atoms with Crippen LogP contribution in [-0.2, 0) is 0 Å². The molecule has 0 aliphatic heterocycles. The molecule has 2 aromatic rings. The van der Waals surface area contributed by atoms with Gasteiger partial charge in [0, 0.05) is 17.2 Å². The first-order valence-electron chi connectivity index (χ1n) is 5.28. The van der Waals surface area contributed by atoms with E-state index >= 15 is 0 Å². The van der Waals surface area contributed by atoms with Crippen LogP contribution in [0.2, 0.25) is 10.0 Å². The van der Waals surface area contributed by atoms with Crippen molar-refractivity contribution >= 4 is 34.6 Å². The lowest BCUT2D eigenvalue weighted by Gasteiger charge is -2.04. The molecule has 0 atom stereocenters. The van der Waals surface area contributed by atoms with Crippen molar-refractivity contribution in [2.45, 2.75) is 0 Å². The molecule has 0 fully saturated rings. The number of hydrogen-bond donors (Lipinski definition) is 0. The van der Waals surface area contributed by atoms with E-state index in [-0.39, 0.29) is 27.0 Å². The van der Waals surface area contributed by atoms with E-state index in [1.807, 2.05) is 0 Å². The van der Waals surface area contributed by atoms with Crippen LogP contribution in [0, 0.1) is 20.2 Å². The van der Waals surface area contributed by atoms with Crippen LogP contribution in [-0.4, -0.2) is 9.85 Å². The average Bonchev–Trinajstić information content (AvgIpc) is 2.39. The van der Waals surface area contributed by atoms with E-state index in [2.05, 4.69) is 0 Å². The molecule has 102 valence electrons. The molecule has 0 spiro atoms. The lowest BCUT2D eigenvalue weighted by Crippen LogP contribution is -1.94. The van der Waals surface area contributed by atoms with E-state index in [0.29, 0.717) is 5.56 Å². The van der Waals surface area contributed by atoms with Crippen LogP contribution in [0.1, 0.15) is 0 Å². The Morgan fingerprint density at radius 1 is 0.850 bits per heavy atom. The number of benzene rings is 2. The lowest BCUT2D eigenvalue weighted by molar-refractivity contribution is -0.384. The number of nitro groups is 2. The Labute approximate surface area is 122 Å². The Bertz CT molecular complexity index is 719. The Morgan fingerprint density at radius 3 is 2.10 bits per heavy atom. The van der Waals surface area contributed by atoms with Gasteiger partial charge in [0.2, 0.25) is 0 Å². The zero-order valence-electron chi connectivity index (χ0n) is 9.75. The minimum Gasteiger partial charge on any atom is -0.258 e. The van der Waals surface area contributed by atoms with Gasteiger partial charge in [0.1, 0.15) is 5.02 Å². The molecule has 6 nitrogen and oxygen atoms in total. The van der Waals surface area contributed by atoms with Crippen LogP contribution < -0.4 is 0 Å². The first-order chi connectivity index (χ1) is 9.40. The number of hydrogen-bond acceptors (Lipinski definition) is 4. The number of nitro benzene ring substituents is 2. The van der Waals surface area contributed by atoms with Gasteiger partial charge in [-0.1, -0.05) is 29.3 Å². The summed E-state index contributed by atoms with van der Waals surface area (Å²) in [6.07, 6.45) is 0. The molecule has 0 saturated carbocycles. The Kier molecular flexibility index (Phi) is 3.87. The maximum Gasteiger partial charge on any atom is 0.288 e. The number of halogens is 2. The van der Waals surface area contributed by atoms with Gasteiger partial charge >= 0.3 is 0 Å². The summed E-state index contributed by atoms with van der Waals surface area (Å²) in [6, 6.07) is 8.10. The number of rotatable bonds is 3. The highest BCUT2D eigenvalue weighted by Gasteiger charge is 2.19. The van der Waals surface area contributed by atoms with E-state index in [4.69, 9.17) is 23.2 Å². The van der Waals surface area contributed by atoms with Gasteiger partial charge in [-0.15, -0.1) is 0 Å². The predicted molar refractivity (Wildman–Crippen MR) is 75.2 cm³/mol. The van der Waals surface area contributed by atoms with Crippen LogP contribution in [0.4, 0.5) is 11.4 Å². The standard InChI is InChI=1S/C12H6Cl2N2O4/c13-8-2-3-9(11(6-8)15(17)18)7-1-4-10(14)12(5-7)16(19)20/h1-6H. The monoisotopic (exact) mass is 312 g/mol. The van der Waals surface area contributed by atoms with Gasteiger partial charge in [-0.3, -0.25) is 20.2 Å². The summed E-state index contributed by atoms with van der Waals surface area (Å²) in [7, 11) is 0. The summed E-state index contributed by atoms with van der Waals surface area (Å²) < 4.78 is 0. The van der Waals surface area contributed by atoms with Crippen LogP contribution in [0.15, 0.2) is 36.4 Å². The summed E-state index contributed by atoms with van der Waals surface area (Å²) in [5.41, 5.74) is 0.0196. The second-order valence-corrected chi connectivity index (χ2v) is 4.69.